The van der Waals surface area contributed by atoms with Gasteiger partial charge >= 0.3 is 0 Å². The number of Topliss-reactive ketones (excluding diaryl/α,β-unsaturated/α-hetero) is 1. The maximum Gasteiger partial charge on any atom is 0.300 e. The quantitative estimate of drug-likeness (QED) is 0.209. The first kappa shape index (κ1) is 22.6. The van der Waals surface area contributed by atoms with Crippen molar-refractivity contribution in [2.45, 2.75) is 6.04 Å². The van der Waals surface area contributed by atoms with Gasteiger partial charge in [-0.1, -0.05) is 66.2 Å². The monoisotopic (exact) mass is 487 g/mol. The summed E-state index contributed by atoms with van der Waals surface area (Å²) >= 11 is 6.00. The number of benzene rings is 4. The molecule has 0 spiro atoms. The van der Waals surface area contributed by atoms with Crippen LogP contribution in [-0.4, -0.2) is 23.9 Å². The number of ether oxygens (including phenoxy) is 1. The molecule has 0 bridgehead atoms. The van der Waals surface area contributed by atoms with Gasteiger partial charge in [0.2, 0.25) is 0 Å². The van der Waals surface area contributed by atoms with Crippen molar-refractivity contribution in [2.24, 2.45) is 0 Å². The maximum absolute atomic E-state index is 13.9. The predicted octanol–water partition coefficient (Wildman–Crippen LogP) is 6.27. The predicted molar refractivity (Wildman–Crippen MR) is 133 cm³/mol. The molecule has 174 valence electrons. The van der Waals surface area contributed by atoms with E-state index in [0.29, 0.717) is 16.9 Å². The minimum absolute atomic E-state index is 0.0833. The van der Waals surface area contributed by atoms with Gasteiger partial charge in [-0.15, -0.1) is 0 Å². The van der Waals surface area contributed by atoms with E-state index in [0.717, 1.165) is 16.8 Å². The lowest BCUT2D eigenvalue weighted by atomic mass is 9.93. The van der Waals surface area contributed by atoms with Gasteiger partial charge < -0.3 is 9.84 Å². The van der Waals surface area contributed by atoms with Gasteiger partial charge in [-0.3, -0.25) is 14.5 Å². The number of ketones is 1. The molecule has 7 heteroatoms. The van der Waals surface area contributed by atoms with Crippen LogP contribution in [0, 0.1) is 5.82 Å². The van der Waals surface area contributed by atoms with Crippen molar-refractivity contribution in [1.29, 1.82) is 0 Å². The Bertz CT molecular complexity index is 1530. The fourth-order valence-electron chi connectivity index (χ4n) is 4.44. The van der Waals surface area contributed by atoms with Crippen LogP contribution >= 0.6 is 11.6 Å². The third-order valence-electron chi connectivity index (χ3n) is 6.08. The summed E-state index contributed by atoms with van der Waals surface area (Å²) in [5, 5.41) is 12.9. The number of nitrogens with zero attached hydrogens (tertiary/aromatic N) is 1. The van der Waals surface area contributed by atoms with Gasteiger partial charge in [0.05, 0.1) is 23.7 Å². The van der Waals surface area contributed by atoms with Crippen LogP contribution in [0.3, 0.4) is 0 Å². The van der Waals surface area contributed by atoms with Crippen molar-refractivity contribution in [3.8, 4) is 5.75 Å². The van der Waals surface area contributed by atoms with Crippen molar-refractivity contribution in [3.05, 3.63) is 112 Å². The number of fused-ring (bicyclic) bond motifs is 1. The third-order valence-corrected chi connectivity index (χ3v) is 6.37. The lowest BCUT2D eigenvalue weighted by Crippen LogP contribution is -2.29. The molecule has 0 radical (unpaired) electrons. The average molecular weight is 488 g/mol. The van der Waals surface area contributed by atoms with Crippen LogP contribution in [0.25, 0.3) is 16.5 Å². The Hall–Kier alpha value is -4.16. The number of aliphatic hydroxyl groups is 1. The highest BCUT2D eigenvalue weighted by Gasteiger charge is 2.47. The minimum Gasteiger partial charge on any atom is -0.507 e. The molecule has 0 aliphatic carbocycles. The smallest absolute Gasteiger partial charge is 0.300 e. The van der Waals surface area contributed by atoms with Gasteiger partial charge in [0.15, 0.2) is 0 Å². The van der Waals surface area contributed by atoms with Crippen molar-refractivity contribution < 1.29 is 23.8 Å². The molecule has 5 rings (SSSR count). The second-order valence-electron chi connectivity index (χ2n) is 8.07. The van der Waals surface area contributed by atoms with Crippen LogP contribution in [0.2, 0.25) is 5.02 Å². The number of halogens is 2. The molecule has 5 nitrogen and oxygen atoms in total. The largest absolute Gasteiger partial charge is 0.507 e. The molecule has 1 saturated heterocycles. The highest BCUT2D eigenvalue weighted by atomic mass is 35.5. The first-order valence-corrected chi connectivity index (χ1v) is 11.2. The van der Waals surface area contributed by atoms with Crippen LogP contribution in [-0.2, 0) is 9.59 Å². The van der Waals surface area contributed by atoms with Crippen LogP contribution in [0.4, 0.5) is 10.1 Å². The number of hydrogen-bond acceptors (Lipinski definition) is 4. The number of carbonyl (C=O) groups excluding carboxylic acids is 2. The van der Waals surface area contributed by atoms with E-state index < -0.39 is 23.5 Å². The summed E-state index contributed by atoms with van der Waals surface area (Å²) in [5.41, 5.74) is 1.10. The van der Waals surface area contributed by atoms with Crippen molar-refractivity contribution in [2.75, 3.05) is 12.0 Å². The fourth-order valence-corrected chi connectivity index (χ4v) is 4.61. The second kappa shape index (κ2) is 8.89. The molecule has 4 aromatic carbocycles. The lowest BCUT2D eigenvalue weighted by molar-refractivity contribution is -0.132. The summed E-state index contributed by atoms with van der Waals surface area (Å²) in [4.78, 5) is 27.9. The van der Waals surface area contributed by atoms with Gasteiger partial charge in [0, 0.05) is 11.3 Å². The van der Waals surface area contributed by atoms with Gasteiger partial charge in [-0.05, 0) is 46.7 Å². The molecule has 1 unspecified atom stereocenters. The summed E-state index contributed by atoms with van der Waals surface area (Å²) in [6.07, 6.45) is 0. The van der Waals surface area contributed by atoms with E-state index in [1.807, 2.05) is 30.3 Å². The molecule has 0 aromatic heterocycles. The molecule has 1 amide bonds. The maximum atomic E-state index is 13.9. The fraction of sp³-hybridized carbons (Fsp3) is 0.0714. The van der Waals surface area contributed by atoms with Gasteiger partial charge in [-0.25, -0.2) is 4.39 Å². The summed E-state index contributed by atoms with van der Waals surface area (Å²) in [5.74, 6) is -2.16. The molecule has 4 aromatic rings. The number of aliphatic hydroxyl groups excluding tert-OH is 1. The molecule has 0 saturated carbocycles. The summed E-state index contributed by atoms with van der Waals surface area (Å²) in [6.45, 7) is 0. The van der Waals surface area contributed by atoms with E-state index in [1.54, 1.807) is 36.4 Å². The first-order valence-electron chi connectivity index (χ1n) is 10.8. The Balaban J connectivity index is 1.79. The van der Waals surface area contributed by atoms with Crippen LogP contribution in [0.1, 0.15) is 17.2 Å². The number of amides is 1. The Morgan fingerprint density at radius 1 is 0.971 bits per heavy atom. The molecule has 1 N–H and O–H groups in total. The van der Waals surface area contributed by atoms with Gasteiger partial charge in [0.1, 0.15) is 17.3 Å². The summed E-state index contributed by atoms with van der Waals surface area (Å²) in [6, 6.07) is 22.5. The Morgan fingerprint density at radius 3 is 2.49 bits per heavy atom. The van der Waals surface area contributed by atoms with Gasteiger partial charge in [-0.2, -0.15) is 0 Å². The standard InChI is InChI=1S/C28H19ClFNO4/c1-35-19-9-4-8-17(14-19)25-24(26(32)21-11-5-7-16-6-2-3-10-20(16)21)27(33)28(34)31(25)18-12-13-23(30)22(29)15-18/h2-15,25,32H,1H3/b26-24-. The molecule has 1 fully saturated rings. The summed E-state index contributed by atoms with van der Waals surface area (Å²) in [7, 11) is 1.51. The van der Waals surface area contributed by atoms with Crippen LogP contribution in [0.15, 0.2) is 90.5 Å². The number of rotatable bonds is 4. The van der Waals surface area contributed by atoms with E-state index in [9.17, 15) is 19.1 Å². The van der Waals surface area contributed by atoms with E-state index in [2.05, 4.69) is 0 Å². The van der Waals surface area contributed by atoms with Crippen molar-refractivity contribution >= 4 is 45.5 Å². The van der Waals surface area contributed by atoms with Crippen molar-refractivity contribution in [1.82, 2.24) is 0 Å². The minimum atomic E-state index is -0.995. The molecule has 35 heavy (non-hydrogen) atoms. The Kier molecular flexibility index (Phi) is 5.75. The first-order chi connectivity index (χ1) is 16.9. The van der Waals surface area contributed by atoms with Gasteiger partial charge in [0.25, 0.3) is 11.7 Å². The number of methoxy groups -OCH3 is 1. The highest BCUT2D eigenvalue weighted by molar-refractivity contribution is 6.52. The zero-order valence-electron chi connectivity index (χ0n) is 18.5. The normalized spacial score (nSPS) is 17.2. The van der Waals surface area contributed by atoms with Crippen LogP contribution < -0.4 is 9.64 Å². The van der Waals surface area contributed by atoms with Crippen molar-refractivity contribution in [3.63, 3.8) is 0 Å². The van der Waals surface area contributed by atoms with E-state index >= 15 is 0 Å². The lowest BCUT2D eigenvalue weighted by Gasteiger charge is -2.26. The number of hydrogen-bond donors (Lipinski definition) is 1. The number of carbonyl (C=O) groups is 2. The third kappa shape index (κ3) is 3.82. The number of anilines is 1. The molecule has 1 heterocycles. The molecule has 1 aliphatic heterocycles. The van der Waals surface area contributed by atoms with E-state index in [4.69, 9.17) is 16.3 Å². The Morgan fingerprint density at radius 2 is 1.71 bits per heavy atom. The highest BCUT2D eigenvalue weighted by Crippen LogP contribution is 2.44. The SMILES string of the molecule is COc1cccc(C2/C(=C(/O)c3cccc4ccccc34)C(=O)C(=O)N2c2ccc(F)c(Cl)c2)c1. The van der Waals surface area contributed by atoms with Crippen LogP contribution in [0.5, 0.6) is 5.75 Å². The second-order valence-corrected chi connectivity index (χ2v) is 8.48. The zero-order valence-corrected chi connectivity index (χ0v) is 19.3. The molecular formula is C28H19ClFNO4. The Labute approximate surface area is 205 Å². The summed E-state index contributed by atoms with van der Waals surface area (Å²) < 4.78 is 19.2. The molecule has 1 atom stereocenters. The molecule has 1 aliphatic rings. The van der Waals surface area contributed by atoms with E-state index in [-0.39, 0.29) is 22.0 Å². The van der Waals surface area contributed by atoms with E-state index in [1.165, 1.54) is 24.1 Å². The zero-order chi connectivity index (χ0) is 24.7. The average Bonchev–Trinajstić information content (AvgIpc) is 3.15. The molecular weight excluding hydrogens is 469 g/mol. The topological polar surface area (TPSA) is 66.8 Å².